The first kappa shape index (κ1) is 21.3. The van der Waals surface area contributed by atoms with Crippen molar-refractivity contribution in [2.45, 2.75) is 0 Å². The van der Waals surface area contributed by atoms with E-state index in [1.54, 1.807) is 36.4 Å². The highest BCUT2D eigenvalue weighted by atomic mass is 79.9. The Morgan fingerprint density at radius 3 is 2.50 bits per heavy atom. The van der Waals surface area contributed by atoms with Gasteiger partial charge in [0.05, 0.1) is 0 Å². The number of carbonyl (C=O) groups excluding carboxylic acids is 4. The first-order valence-electron chi connectivity index (χ1n) is 8.96. The predicted octanol–water partition coefficient (Wildman–Crippen LogP) is 2.18. The van der Waals surface area contributed by atoms with Crippen LogP contribution < -0.4 is 15.4 Å². The number of esters is 1. The van der Waals surface area contributed by atoms with E-state index in [1.807, 2.05) is 0 Å². The number of halogens is 1. The van der Waals surface area contributed by atoms with E-state index in [1.165, 1.54) is 12.1 Å². The van der Waals surface area contributed by atoms with Crippen LogP contribution in [0, 0.1) is 0 Å². The highest BCUT2D eigenvalue weighted by Crippen LogP contribution is 2.19. The summed E-state index contributed by atoms with van der Waals surface area (Å²) in [5, 5.41) is 5.17. The molecule has 1 aliphatic rings. The van der Waals surface area contributed by atoms with Crippen molar-refractivity contribution in [2.75, 3.05) is 31.6 Å². The van der Waals surface area contributed by atoms with Crippen LogP contribution in [0.5, 0.6) is 5.75 Å². The van der Waals surface area contributed by atoms with Gasteiger partial charge in [-0.15, -0.1) is 0 Å². The van der Waals surface area contributed by atoms with Gasteiger partial charge in [-0.25, -0.2) is 9.59 Å². The van der Waals surface area contributed by atoms with Crippen molar-refractivity contribution < 1.29 is 28.7 Å². The predicted molar refractivity (Wildman–Crippen MR) is 110 cm³/mol. The molecule has 0 unspecified atom stereocenters. The first-order valence-corrected chi connectivity index (χ1v) is 9.76. The number of anilines is 1. The molecule has 30 heavy (non-hydrogen) atoms. The number of rotatable bonds is 7. The third kappa shape index (κ3) is 5.57. The van der Waals surface area contributed by atoms with E-state index in [0.717, 1.165) is 9.37 Å². The number of amides is 4. The summed E-state index contributed by atoms with van der Waals surface area (Å²) < 4.78 is 11.4. The maximum atomic E-state index is 12.4. The summed E-state index contributed by atoms with van der Waals surface area (Å²) in [4.78, 5) is 48.9. The molecular weight excluding hydrogens is 458 g/mol. The van der Waals surface area contributed by atoms with Crippen LogP contribution in [0.15, 0.2) is 53.0 Å². The third-order valence-electron chi connectivity index (χ3n) is 4.08. The molecule has 0 aliphatic carbocycles. The lowest BCUT2D eigenvalue weighted by molar-refractivity contribution is -0.130. The van der Waals surface area contributed by atoms with Crippen LogP contribution in [0.3, 0.4) is 0 Å². The molecule has 1 fully saturated rings. The summed E-state index contributed by atoms with van der Waals surface area (Å²) in [7, 11) is 0. The van der Waals surface area contributed by atoms with Crippen molar-refractivity contribution in [3.63, 3.8) is 0 Å². The Labute approximate surface area is 180 Å². The molecule has 0 atom stereocenters. The van der Waals surface area contributed by atoms with Gasteiger partial charge >= 0.3 is 12.0 Å². The number of imide groups is 1. The van der Waals surface area contributed by atoms with Crippen molar-refractivity contribution >= 4 is 45.4 Å². The van der Waals surface area contributed by atoms with Gasteiger partial charge in [0, 0.05) is 23.2 Å². The quantitative estimate of drug-likeness (QED) is 0.593. The van der Waals surface area contributed by atoms with Crippen LogP contribution in [0.1, 0.15) is 10.4 Å². The fourth-order valence-corrected chi connectivity index (χ4v) is 2.89. The fourth-order valence-electron chi connectivity index (χ4n) is 2.63. The molecular formula is C20H18BrN3O6. The van der Waals surface area contributed by atoms with Gasteiger partial charge in [0.25, 0.3) is 11.8 Å². The van der Waals surface area contributed by atoms with Crippen molar-refractivity contribution in [3.8, 4) is 5.75 Å². The number of ether oxygens (including phenoxy) is 2. The number of benzene rings is 2. The number of hydrogen-bond donors (Lipinski definition) is 2. The summed E-state index contributed by atoms with van der Waals surface area (Å²) in [5.41, 5.74) is 0.663. The van der Waals surface area contributed by atoms with Gasteiger partial charge < -0.3 is 20.1 Å². The molecule has 0 spiro atoms. The van der Waals surface area contributed by atoms with Gasteiger partial charge in [-0.3, -0.25) is 14.5 Å². The van der Waals surface area contributed by atoms with Crippen molar-refractivity contribution in [1.82, 2.24) is 10.2 Å². The van der Waals surface area contributed by atoms with Crippen LogP contribution in [-0.4, -0.2) is 55.0 Å². The van der Waals surface area contributed by atoms with Gasteiger partial charge in [0.2, 0.25) is 0 Å². The number of hydrogen-bond acceptors (Lipinski definition) is 6. The van der Waals surface area contributed by atoms with Gasteiger partial charge in [-0.1, -0.05) is 28.1 Å². The van der Waals surface area contributed by atoms with Crippen LogP contribution in [0.25, 0.3) is 0 Å². The molecule has 0 saturated carbocycles. The van der Waals surface area contributed by atoms with Crippen LogP contribution in [0.4, 0.5) is 10.5 Å². The van der Waals surface area contributed by atoms with Gasteiger partial charge in [-0.2, -0.15) is 0 Å². The van der Waals surface area contributed by atoms with Gasteiger partial charge in [0.15, 0.2) is 13.2 Å². The number of nitrogens with one attached hydrogen (secondary N) is 2. The number of carbonyl (C=O) groups is 4. The van der Waals surface area contributed by atoms with E-state index >= 15 is 0 Å². The molecule has 1 saturated heterocycles. The van der Waals surface area contributed by atoms with E-state index in [-0.39, 0.29) is 24.5 Å². The molecule has 1 aliphatic heterocycles. The summed E-state index contributed by atoms with van der Waals surface area (Å²) in [6.45, 7) is -0.322. The van der Waals surface area contributed by atoms with Crippen LogP contribution in [-0.2, 0) is 14.3 Å². The zero-order valence-electron chi connectivity index (χ0n) is 15.7. The molecule has 156 valence electrons. The highest BCUT2D eigenvalue weighted by molar-refractivity contribution is 9.10. The maximum Gasteiger partial charge on any atom is 0.342 e. The molecule has 2 N–H and O–H groups in total. The topological polar surface area (TPSA) is 114 Å². The largest absolute Gasteiger partial charge is 0.483 e. The molecule has 3 rings (SSSR count). The first-order chi connectivity index (χ1) is 14.4. The lowest BCUT2D eigenvalue weighted by atomic mass is 10.2. The van der Waals surface area contributed by atoms with Gasteiger partial charge in [-0.05, 0) is 36.4 Å². The fraction of sp³-hybridized carbons (Fsp3) is 0.200. The summed E-state index contributed by atoms with van der Waals surface area (Å²) in [5.74, 6) is -1.69. The van der Waals surface area contributed by atoms with Crippen molar-refractivity contribution in [3.05, 3.63) is 58.6 Å². The summed E-state index contributed by atoms with van der Waals surface area (Å²) in [6, 6.07) is 12.7. The van der Waals surface area contributed by atoms with E-state index in [0.29, 0.717) is 12.2 Å². The molecule has 4 amide bonds. The molecule has 10 heteroatoms. The zero-order valence-corrected chi connectivity index (χ0v) is 17.3. The molecule has 0 radical (unpaired) electrons. The molecule has 1 heterocycles. The number of para-hydroxylation sites is 1. The second-order valence-electron chi connectivity index (χ2n) is 6.19. The minimum absolute atomic E-state index is 0.0626. The van der Waals surface area contributed by atoms with Gasteiger partial charge in [0.1, 0.15) is 11.3 Å². The normalized spacial score (nSPS) is 12.8. The average Bonchev–Trinajstić information content (AvgIpc) is 3.18. The Balaban J connectivity index is 1.54. The smallest absolute Gasteiger partial charge is 0.342 e. The van der Waals surface area contributed by atoms with Crippen LogP contribution >= 0.6 is 15.9 Å². The molecule has 2 aromatic carbocycles. The van der Waals surface area contributed by atoms with Crippen molar-refractivity contribution in [1.29, 1.82) is 0 Å². The minimum Gasteiger partial charge on any atom is -0.483 e. The van der Waals surface area contributed by atoms with E-state index < -0.39 is 30.4 Å². The second-order valence-corrected chi connectivity index (χ2v) is 7.11. The minimum atomic E-state index is -0.799. The Kier molecular flexibility index (Phi) is 7.02. The number of urea groups is 1. The molecule has 0 aromatic heterocycles. The maximum absolute atomic E-state index is 12.4. The van der Waals surface area contributed by atoms with Crippen LogP contribution in [0.2, 0.25) is 0 Å². The Morgan fingerprint density at radius 2 is 1.80 bits per heavy atom. The molecule has 2 aromatic rings. The Morgan fingerprint density at radius 1 is 1.07 bits per heavy atom. The van der Waals surface area contributed by atoms with E-state index in [4.69, 9.17) is 9.47 Å². The van der Waals surface area contributed by atoms with E-state index in [9.17, 15) is 19.2 Å². The molecule has 9 nitrogen and oxygen atoms in total. The zero-order chi connectivity index (χ0) is 21.5. The summed E-state index contributed by atoms with van der Waals surface area (Å²) in [6.07, 6.45) is 0. The SMILES string of the molecule is O=C(COc1ccccc1C(=O)OCC(=O)N1CCNC1=O)Nc1ccc(Br)cc1. The Bertz CT molecular complexity index is 963. The second kappa shape index (κ2) is 9.88. The highest BCUT2D eigenvalue weighted by Gasteiger charge is 2.27. The average molecular weight is 476 g/mol. The lowest BCUT2D eigenvalue weighted by Gasteiger charge is -2.13. The standard InChI is InChI=1S/C20H18BrN3O6/c21-13-5-7-14(8-6-13)23-17(25)11-29-16-4-2-1-3-15(16)19(27)30-12-18(26)24-10-9-22-20(24)28/h1-8H,9-12H2,(H,22,28)(H,23,25). The Hall–Kier alpha value is -3.40. The molecule has 0 bridgehead atoms. The number of nitrogens with zero attached hydrogens (tertiary/aromatic N) is 1. The summed E-state index contributed by atoms with van der Waals surface area (Å²) >= 11 is 3.31. The monoisotopic (exact) mass is 475 g/mol. The third-order valence-corrected chi connectivity index (χ3v) is 4.61. The lowest BCUT2D eigenvalue weighted by Crippen LogP contribution is -2.37. The van der Waals surface area contributed by atoms with E-state index in [2.05, 4.69) is 26.6 Å². The van der Waals surface area contributed by atoms with Crippen molar-refractivity contribution in [2.24, 2.45) is 0 Å².